The van der Waals surface area contributed by atoms with Crippen molar-refractivity contribution in [1.29, 1.82) is 0 Å². The predicted octanol–water partition coefficient (Wildman–Crippen LogP) is 3.07. The van der Waals surface area contributed by atoms with E-state index in [1.807, 2.05) is 49.6 Å². The predicted molar refractivity (Wildman–Crippen MR) is 93.9 cm³/mol. The van der Waals surface area contributed by atoms with Crippen molar-refractivity contribution in [2.45, 2.75) is 26.8 Å². The van der Waals surface area contributed by atoms with Crippen molar-refractivity contribution in [3.63, 3.8) is 0 Å². The molecule has 4 nitrogen and oxygen atoms in total. The molecule has 0 radical (unpaired) electrons. The Morgan fingerprint density at radius 3 is 2.83 bits per heavy atom. The largest absolute Gasteiger partial charge is 0.352 e. The number of thiophene rings is 1. The molecule has 0 saturated carbocycles. The first-order valence-electron chi connectivity index (χ1n) is 7.45. The fourth-order valence-electron chi connectivity index (χ4n) is 2.69. The molecular weight excluding hydrogens is 308 g/mol. The minimum absolute atomic E-state index is 0.0765. The highest BCUT2D eigenvalue weighted by atomic mass is 32.1. The van der Waals surface area contributed by atoms with E-state index < -0.39 is 0 Å². The summed E-state index contributed by atoms with van der Waals surface area (Å²) in [5.41, 5.74) is 3.47. The SMILES string of the molecule is Cc1cc(C)c2[nH]c(=O)c(CNC(=O)Cc3cccs3)cc2c1. The van der Waals surface area contributed by atoms with Crippen molar-refractivity contribution in [3.05, 3.63) is 67.6 Å². The van der Waals surface area contributed by atoms with E-state index in [-0.39, 0.29) is 18.0 Å². The second kappa shape index (κ2) is 6.38. The summed E-state index contributed by atoms with van der Waals surface area (Å²) in [6.07, 6.45) is 0.349. The molecule has 0 fully saturated rings. The fourth-order valence-corrected chi connectivity index (χ4v) is 3.39. The molecule has 23 heavy (non-hydrogen) atoms. The van der Waals surface area contributed by atoms with E-state index in [9.17, 15) is 9.59 Å². The number of aryl methyl sites for hydroxylation is 2. The average Bonchev–Trinajstić information content (AvgIpc) is 2.99. The lowest BCUT2D eigenvalue weighted by Gasteiger charge is -2.08. The maximum absolute atomic E-state index is 12.2. The third-order valence-electron chi connectivity index (χ3n) is 3.76. The van der Waals surface area contributed by atoms with Gasteiger partial charge in [0.05, 0.1) is 11.9 Å². The number of pyridine rings is 1. The zero-order valence-electron chi connectivity index (χ0n) is 13.1. The molecule has 1 amide bonds. The molecular formula is C18H18N2O2S. The minimum Gasteiger partial charge on any atom is -0.352 e. The van der Waals surface area contributed by atoms with Crippen LogP contribution >= 0.6 is 11.3 Å². The van der Waals surface area contributed by atoms with E-state index in [2.05, 4.69) is 10.3 Å². The van der Waals surface area contributed by atoms with Crippen LogP contribution in [-0.2, 0) is 17.8 Å². The first-order chi connectivity index (χ1) is 11.0. The summed E-state index contributed by atoms with van der Waals surface area (Å²) in [6, 6.07) is 9.79. The maximum atomic E-state index is 12.2. The Balaban J connectivity index is 1.79. The smallest absolute Gasteiger partial charge is 0.253 e. The molecule has 0 bridgehead atoms. The zero-order chi connectivity index (χ0) is 16.4. The second-order valence-electron chi connectivity index (χ2n) is 5.70. The molecule has 0 aliphatic rings. The van der Waals surface area contributed by atoms with Crippen LogP contribution in [0.4, 0.5) is 0 Å². The number of hydrogen-bond donors (Lipinski definition) is 2. The van der Waals surface area contributed by atoms with Gasteiger partial charge in [-0.25, -0.2) is 0 Å². The van der Waals surface area contributed by atoms with Gasteiger partial charge in [0.1, 0.15) is 0 Å². The number of amides is 1. The van der Waals surface area contributed by atoms with Crippen molar-refractivity contribution in [3.8, 4) is 0 Å². The van der Waals surface area contributed by atoms with Gasteiger partial charge in [0.15, 0.2) is 0 Å². The molecule has 5 heteroatoms. The first-order valence-corrected chi connectivity index (χ1v) is 8.33. The zero-order valence-corrected chi connectivity index (χ0v) is 13.9. The topological polar surface area (TPSA) is 62.0 Å². The number of aromatic amines is 1. The van der Waals surface area contributed by atoms with E-state index in [0.717, 1.165) is 26.9 Å². The molecule has 2 aromatic heterocycles. The van der Waals surface area contributed by atoms with Crippen molar-refractivity contribution in [2.75, 3.05) is 0 Å². The highest BCUT2D eigenvalue weighted by Crippen LogP contribution is 2.18. The molecule has 3 aromatic rings. The second-order valence-corrected chi connectivity index (χ2v) is 6.73. The van der Waals surface area contributed by atoms with Gasteiger partial charge in [-0.3, -0.25) is 9.59 Å². The number of carbonyl (C=O) groups is 1. The lowest BCUT2D eigenvalue weighted by atomic mass is 10.1. The quantitative estimate of drug-likeness (QED) is 0.774. The molecule has 0 aliphatic heterocycles. The van der Waals surface area contributed by atoms with Crippen LogP contribution in [0, 0.1) is 13.8 Å². The molecule has 2 heterocycles. The molecule has 0 spiro atoms. The lowest BCUT2D eigenvalue weighted by molar-refractivity contribution is -0.120. The summed E-state index contributed by atoms with van der Waals surface area (Å²) in [5, 5.41) is 5.76. The van der Waals surface area contributed by atoms with Crippen molar-refractivity contribution >= 4 is 28.1 Å². The van der Waals surface area contributed by atoms with E-state index in [0.29, 0.717) is 12.0 Å². The van der Waals surface area contributed by atoms with E-state index in [1.54, 1.807) is 11.3 Å². The fraction of sp³-hybridized carbons (Fsp3) is 0.222. The van der Waals surface area contributed by atoms with Gasteiger partial charge in [-0.2, -0.15) is 0 Å². The van der Waals surface area contributed by atoms with E-state index >= 15 is 0 Å². The lowest BCUT2D eigenvalue weighted by Crippen LogP contribution is -2.27. The Kier molecular flexibility index (Phi) is 4.30. The van der Waals surface area contributed by atoms with Crippen LogP contribution in [0.15, 0.2) is 40.5 Å². The summed E-state index contributed by atoms with van der Waals surface area (Å²) >= 11 is 1.55. The Labute approximate surface area is 138 Å². The van der Waals surface area contributed by atoms with Crippen LogP contribution in [0.3, 0.4) is 0 Å². The Hall–Kier alpha value is -2.40. The highest BCUT2D eigenvalue weighted by molar-refractivity contribution is 7.10. The number of carbonyl (C=O) groups excluding carboxylic acids is 1. The molecule has 2 N–H and O–H groups in total. The van der Waals surface area contributed by atoms with Gasteiger partial charge in [-0.05, 0) is 48.4 Å². The number of fused-ring (bicyclic) bond motifs is 1. The Bertz CT molecular complexity index is 911. The van der Waals surface area contributed by atoms with Gasteiger partial charge >= 0.3 is 0 Å². The van der Waals surface area contributed by atoms with Crippen LogP contribution in [0.2, 0.25) is 0 Å². The van der Waals surface area contributed by atoms with Gasteiger partial charge in [-0.15, -0.1) is 11.3 Å². The summed E-state index contributed by atoms with van der Waals surface area (Å²) in [4.78, 5) is 28.1. The van der Waals surface area contributed by atoms with Crippen molar-refractivity contribution < 1.29 is 4.79 Å². The first kappa shape index (κ1) is 15.5. The van der Waals surface area contributed by atoms with Gasteiger partial charge in [-0.1, -0.05) is 17.7 Å². The van der Waals surface area contributed by atoms with Crippen LogP contribution in [-0.4, -0.2) is 10.9 Å². The highest BCUT2D eigenvalue weighted by Gasteiger charge is 2.08. The molecule has 118 valence electrons. The summed E-state index contributed by atoms with van der Waals surface area (Å²) in [5.74, 6) is -0.0765. The number of benzene rings is 1. The molecule has 0 atom stereocenters. The van der Waals surface area contributed by atoms with Crippen molar-refractivity contribution in [2.24, 2.45) is 0 Å². The molecule has 0 saturated heterocycles. The number of hydrogen-bond acceptors (Lipinski definition) is 3. The monoisotopic (exact) mass is 326 g/mol. The number of rotatable bonds is 4. The third kappa shape index (κ3) is 3.51. The Morgan fingerprint density at radius 2 is 2.09 bits per heavy atom. The molecule has 1 aromatic carbocycles. The number of H-pyrrole nitrogens is 1. The average molecular weight is 326 g/mol. The van der Waals surface area contributed by atoms with E-state index in [4.69, 9.17) is 0 Å². The van der Waals surface area contributed by atoms with Gasteiger partial charge in [0.2, 0.25) is 5.91 Å². The third-order valence-corrected chi connectivity index (χ3v) is 4.64. The van der Waals surface area contributed by atoms with E-state index in [1.165, 1.54) is 0 Å². The van der Waals surface area contributed by atoms with Gasteiger partial charge in [0, 0.05) is 17.0 Å². The molecule has 0 unspecified atom stereocenters. The van der Waals surface area contributed by atoms with Crippen LogP contribution in [0.25, 0.3) is 10.9 Å². The maximum Gasteiger partial charge on any atom is 0.253 e. The summed E-state index contributed by atoms with van der Waals surface area (Å²) in [6.45, 7) is 4.25. The number of nitrogens with one attached hydrogen (secondary N) is 2. The van der Waals surface area contributed by atoms with Gasteiger partial charge in [0.25, 0.3) is 5.56 Å². The van der Waals surface area contributed by atoms with Gasteiger partial charge < -0.3 is 10.3 Å². The van der Waals surface area contributed by atoms with Crippen LogP contribution in [0.5, 0.6) is 0 Å². The Morgan fingerprint density at radius 1 is 1.26 bits per heavy atom. The molecule has 0 aliphatic carbocycles. The van der Waals surface area contributed by atoms with Crippen molar-refractivity contribution in [1.82, 2.24) is 10.3 Å². The minimum atomic E-state index is -0.152. The standard InChI is InChI=1S/C18H18N2O2S/c1-11-6-12(2)17-13(7-11)8-14(18(22)20-17)10-19-16(21)9-15-4-3-5-23-15/h3-8H,9-10H2,1-2H3,(H,19,21)(H,20,22). The normalized spacial score (nSPS) is 10.9. The van der Waals surface area contributed by atoms with Crippen LogP contribution < -0.4 is 10.9 Å². The number of aromatic nitrogens is 1. The summed E-state index contributed by atoms with van der Waals surface area (Å²) < 4.78 is 0. The van der Waals surface area contributed by atoms with Crippen LogP contribution in [0.1, 0.15) is 21.6 Å². The summed E-state index contributed by atoms with van der Waals surface area (Å²) in [7, 11) is 0. The molecule has 3 rings (SSSR count).